The van der Waals surface area contributed by atoms with E-state index in [9.17, 15) is 0 Å². The number of hydrogen-bond donors (Lipinski definition) is 0. The maximum absolute atomic E-state index is 2.40. The van der Waals surface area contributed by atoms with Crippen molar-refractivity contribution in [3.8, 4) is 0 Å². The number of rotatable bonds is 2. The second-order valence-corrected chi connectivity index (χ2v) is 9.47. The molecule has 0 heterocycles. The Kier molecular flexibility index (Phi) is 4.35. The van der Waals surface area contributed by atoms with E-state index in [1.165, 1.54) is 50.1 Å². The molecule has 0 nitrogen and oxygen atoms in total. The molecule has 2 aliphatic rings. The summed E-state index contributed by atoms with van der Waals surface area (Å²) < 4.78 is 0.508. The van der Waals surface area contributed by atoms with E-state index in [0.717, 1.165) is 0 Å². The van der Waals surface area contributed by atoms with Crippen LogP contribution in [0.15, 0.2) is 76.9 Å². The van der Waals surface area contributed by atoms with E-state index in [-0.39, 0.29) is 5.41 Å². The zero-order chi connectivity index (χ0) is 18.6. The molecule has 0 N–H and O–H groups in total. The van der Waals surface area contributed by atoms with Gasteiger partial charge in [-0.05, 0) is 0 Å². The van der Waals surface area contributed by atoms with Gasteiger partial charge in [0.1, 0.15) is 0 Å². The molecule has 0 fully saturated rings. The van der Waals surface area contributed by atoms with Crippen molar-refractivity contribution in [2.75, 3.05) is 0 Å². The minimum absolute atomic E-state index is 0.0801. The molecule has 2 aromatic carbocycles. The Hall–Kier alpha value is -1.46. The Morgan fingerprint density at radius 3 is 2.04 bits per heavy atom. The molecule has 4 rings (SSSR count). The number of fused-ring (bicyclic) bond motifs is 1. The van der Waals surface area contributed by atoms with E-state index >= 15 is 0 Å². The number of hydrogen-bond acceptors (Lipinski definition) is 0. The van der Waals surface area contributed by atoms with E-state index in [0.29, 0.717) is 3.63 Å². The van der Waals surface area contributed by atoms with Gasteiger partial charge in [-0.25, -0.2) is 0 Å². The summed E-state index contributed by atoms with van der Waals surface area (Å²) in [6.45, 7) is 11.7. The predicted molar refractivity (Wildman–Crippen MR) is 107 cm³/mol. The fraction of sp³-hybridized carbons (Fsp3) is 0.280. The summed E-state index contributed by atoms with van der Waals surface area (Å²) in [4.78, 5) is 0. The normalized spacial score (nSPS) is 21.6. The predicted octanol–water partition coefficient (Wildman–Crippen LogP) is 6.89. The van der Waals surface area contributed by atoms with Crippen LogP contribution in [0.3, 0.4) is 0 Å². The van der Waals surface area contributed by atoms with Crippen molar-refractivity contribution in [3.63, 3.8) is 0 Å². The van der Waals surface area contributed by atoms with Gasteiger partial charge in [-0.15, -0.1) is 0 Å². The van der Waals surface area contributed by atoms with Crippen LogP contribution in [-0.4, -0.2) is 0 Å². The standard InChI is InChI=1S/C25H25.Zr/c1-16-17(2)24(25(4,5)18(16)3)23-21-14-10-9-13-20(21)15-22(23)19-11-7-6-8-12-19;/h6-15H,1-5H3;. The molecule has 0 radical (unpaired) electrons. The summed E-state index contributed by atoms with van der Waals surface area (Å²) in [5.74, 6) is 0. The van der Waals surface area contributed by atoms with Crippen LogP contribution >= 0.6 is 0 Å². The minimum atomic E-state index is 0.0801. The summed E-state index contributed by atoms with van der Waals surface area (Å²) in [7, 11) is 0. The van der Waals surface area contributed by atoms with Gasteiger partial charge in [0.25, 0.3) is 0 Å². The average Bonchev–Trinajstić information content (AvgIpc) is 3.01. The molecule has 0 aromatic heterocycles. The summed E-state index contributed by atoms with van der Waals surface area (Å²) in [6, 6.07) is 20.1. The van der Waals surface area contributed by atoms with E-state index < -0.39 is 0 Å². The molecule has 0 saturated heterocycles. The third kappa shape index (κ3) is 2.44. The quantitative estimate of drug-likeness (QED) is 0.500. The monoisotopic (exact) mass is 415 g/mol. The third-order valence-electron chi connectivity index (χ3n) is 6.50. The van der Waals surface area contributed by atoms with Crippen molar-refractivity contribution in [1.82, 2.24) is 0 Å². The first kappa shape index (κ1) is 17.9. The fourth-order valence-electron chi connectivity index (χ4n) is 4.71. The van der Waals surface area contributed by atoms with Crippen LogP contribution in [0, 0.1) is 5.41 Å². The van der Waals surface area contributed by atoms with Gasteiger partial charge in [-0.1, -0.05) is 0 Å². The third-order valence-corrected chi connectivity index (χ3v) is 7.97. The van der Waals surface area contributed by atoms with Crippen molar-refractivity contribution in [1.29, 1.82) is 0 Å². The van der Waals surface area contributed by atoms with Crippen LogP contribution in [0.5, 0.6) is 0 Å². The van der Waals surface area contributed by atoms with Gasteiger partial charge in [-0.3, -0.25) is 0 Å². The van der Waals surface area contributed by atoms with Gasteiger partial charge in [0, 0.05) is 0 Å². The van der Waals surface area contributed by atoms with Crippen molar-refractivity contribution < 1.29 is 24.7 Å². The van der Waals surface area contributed by atoms with Crippen molar-refractivity contribution in [2.45, 2.75) is 38.2 Å². The Balaban J connectivity index is 2.07. The molecule has 1 unspecified atom stereocenters. The van der Waals surface area contributed by atoms with Crippen LogP contribution in [-0.2, 0) is 24.7 Å². The molecule has 1 heteroatoms. The topological polar surface area (TPSA) is 0 Å². The molecule has 129 valence electrons. The second kappa shape index (κ2) is 6.31. The van der Waals surface area contributed by atoms with Gasteiger partial charge in [0.05, 0.1) is 0 Å². The average molecular weight is 417 g/mol. The van der Waals surface area contributed by atoms with Crippen molar-refractivity contribution >= 4 is 11.1 Å². The van der Waals surface area contributed by atoms with Crippen LogP contribution in [0.25, 0.3) is 11.1 Å². The first-order valence-corrected chi connectivity index (χ1v) is 10.8. The molecule has 0 spiro atoms. The number of benzene rings is 2. The summed E-state index contributed by atoms with van der Waals surface area (Å²) in [6.07, 6.45) is 0. The molecule has 0 saturated carbocycles. The van der Waals surface area contributed by atoms with E-state index in [1.807, 2.05) is 0 Å². The van der Waals surface area contributed by atoms with Gasteiger partial charge in [-0.2, -0.15) is 0 Å². The first-order valence-electron chi connectivity index (χ1n) is 9.35. The molecular weight excluding hydrogens is 391 g/mol. The van der Waals surface area contributed by atoms with Crippen molar-refractivity contribution in [2.24, 2.45) is 5.41 Å². The van der Waals surface area contributed by atoms with E-state index in [4.69, 9.17) is 0 Å². The van der Waals surface area contributed by atoms with Crippen LogP contribution in [0.4, 0.5) is 0 Å². The Bertz CT molecular complexity index is 984. The molecule has 0 aliphatic heterocycles. The Labute approximate surface area is 172 Å². The van der Waals surface area contributed by atoms with Crippen LogP contribution in [0.1, 0.15) is 54.9 Å². The van der Waals surface area contributed by atoms with E-state index in [2.05, 4.69) is 89.2 Å². The van der Waals surface area contributed by atoms with E-state index in [1.54, 1.807) is 24.7 Å². The Morgan fingerprint density at radius 2 is 1.42 bits per heavy atom. The SMILES string of the molecule is CC1=C(C)C(C)(C)C(C2=C(c3ccccc3)[CH]([Zr])c3ccccc32)=C1C. The molecule has 26 heavy (non-hydrogen) atoms. The fourth-order valence-corrected chi connectivity index (χ4v) is 6.10. The molecule has 0 bridgehead atoms. The zero-order valence-electron chi connectivity index (χ0n) is 16.3. The molecule has 2 aromatic rings. The molecule has 2 aliphatic carbocycles. The Morgan fingerprint density at radius 1 is 0.808 bits per heavy atom. The van der Waals surface area contributed by atoms with Crippen molar-refractivity contribution in [3.05, 3.63) is 93.6 Å². The molecule has 1 atom stereocenters. The zero-order valence-corrected chi connectivity index (χ0v) is 18.7. The van der Waals surface area contributed by atoms with Gasteiger partial charge >= 0.3 is 173 Å². The summed E-state index contributed by atoms with van der Waals surface area (Å²) in [5, 5.41) is 0. The van der Waals surface area contributed by atoms with Gasteiger partial charge in [0.15, 0.2) is 0 Å². The second-order valence-electron chi connectivity index (χ2n) is 8.05. The number of allylic oxidation sites excluding steroid dienone is 6. The first-order chi connectivity index (χ1) is 12.4. The summed E-state index contributed by atoms with van der Waals surface area (Å²) in [5.41, 5.74) is 13.4. The molecule has 0 amide bonds. The van der Waals surface area contributed by atoms with Crippen LogP contribution in [0.2, 0.25) is 0 Å². The maximum atomic E-state index is 2.40. The summed E-state index contributed by atoms with van der Waals surface area (Å²) >= 11 is 1.56. The van der Waals surface area contributed by atoms with Crippen LogP contribution < -0.4 is 0 Å². The van der Waals surface area contributed by atoms with Gasteiger partial charge in [0.2, 0.25) is 0 Å². The van der Waals surface area contributed by atoms with Gasteiger partial charge < -0.3 is 0 Å². The molecular formula is C25H25Zr.